The molecule has 0 spiro atoms. The molecule has 0 saturated heterocycles. The lowest BCUT2D eigenvalue weighted by atomic mass is 10.1. The van der Waals surface area contributed by atoms with Gasteiger partial charge in [-0.3, -0.25) is 9.59 Å². The molecule has 0 heterocycles. The van der Waals surface area contributed by atoms with Crippen LogP contribution in [0.2, 0.25) is 5.02 Å². The van der Waals surface area contributed by atoms with Gasteiger partial charge in [0.1, 0.15) is 12.3 Å². The molecule has 0 aliphatic heterocycles. The molecule has 108 valence electrons. The Kier molecular flexibility index (Phi) is 4.49. The Balaban J connectivity index is 2.13. The molecule has 2 rings (SSSR count). The van der Waals surface area contributed by atoms with Crippen molar-refractivity contribution in [3.05, 3.63) is 28.8 Å². The number of carboxylic acid groups (broad SMARTS) is 1. The van der Waals surface area contributed by atoms with E-state index in [9.17, 15) is 9.59 Å². The number of nitrogens with zero attached hydrogens (tertiary/aromatic N) is 1. The van der Waals surface area contributed by atoms with Gasteiger partial charge in [0.2, 0.25) is 5.91 Å². The molecule has 1 amide bonds. The SMILES string of the molecule is COc1ccc(Cl)cc1CC(=O)N(CC(=O)O)C1CC1. The van der Waals surface area contributed by atoms with Crippen molar-refractivity contribution in [3.63, 3.8) is 0 Å². The van der Waals surface area contributed by atoms with E-state index >= 15 is 0 Å². The number of amides is 1. The van der Waals surface area contributed by atoms with Crippen molar-refractivity contribution < 1.29 is 19.4 Å². The second-order valence-electron chi connectivity index (χ2n) is 4.78. The Morgan fingerprint density at radius 2 is 2.15 bits per heavy atom. The molecule has 0 radical (unpaired) electrons. The van der Waals surface area contributed by atoms with E-state index in [2.05, 4.69) is 0 Å². The summed E-state index contributed by atoms with van der Waals surface area (Å²) in [6.45, 7) is -0.258. The van der Waals surface area contributed by atoms with Crippen LogP contribution in [0.25, 0.3) is 0 Å². The lowest BCUT2D eigenvalue weighted by Gasteiger charge is -2.20. The number of hydrogen-bond acceptors (Lipinski definition) is 3. The number of ether oxygens (including phenoxy) is 1. The van der Waals surface area contributed by atoms with Crippen molar-refractivity contribution in [3.8, 4) is 5.75 Å². The third kappa shape index (κ3) is 3.63. The maximum absolute atomic E-state index is 12.3. The fourth-order valence-corrected chi connectivity index (χ4v) is 2.30. The second-order valence-corrected chi connectivity index (χ2v) is 5.22. The number of hydrogen-bond donors (Lipinski definition) is 1. The first-order chi connectivity index (χ1) is 9.51. The summed E-state index contributed by atoms with van der Waals surface area (Å²) >= 11 is 5.92. The Labute approximate surface area is 122 Å². The highest BCUT2D eigenvalue weighted by Gasteiger charge is 2.33. The Morgan fingerprint density at radius 1 is 1.45 bits per heavy atom. The van der Waals surface area contributed by atoms with E-state index in [0.29, 0.717) is 16.3 Å². The van der Waals surface area contributed by atoms with Crippen LogP contribution in [-0.4, -0.2) is 41.6 Å². The monoisotopic (exact) mass is 297 g/mol. The third-order valence-corrected chi connectivity index (χ3v) is 3.43. The van der Waals surface area contributed by atoms with E-state index in [0.717, 1.165) is 12.8 Å². The molecule has 20 heavy (non-hydrogen) atoms. The lowest BCUT2D eigenvalue weighted by molar-refractivity contribution is -0.144. The molecular weight excluding hydrogens is 282 g/mol. The van der Waals surface area contributed by atoms with Gasteiger partial charge in [-0.2, -0.15) is 0 Å². The summed E-state index contributed by atoms with van der Waals surface area (Å²) in [4.78, 5) is 24.5. The van der Waals surface area contributed by atoms with Gasteiger partial charge < -0.3 is 14.7 Å². The number of carboxylic acids is 1. The minimum atomic E-state index is -0.997. The van der Waals surface area contributed by atoms with Crippen LogP contribution in [-0.2, 0) is 16.0 Å². The molecule has 1 aromatic rings. The number of methoxy groups -OCH3 is 1. The molecule has 0 unspecified atom stereocenters. The number of benzene rings is 1. The smallest absolute Gasteiger partial charge is 0.323 e. The standard InChI is InChI=1S/C14H16ClNO4/c1-20-12-5-2-10(15)6-9(12)7-13(17)16(8-14(18)19)11-3-4-11/h2,5-6,11H,3-4,7-8H2,1H3,(H,18,19). The van der Waals surface area contributed by atoms with Gasteiger partial charge in [-0.05, 0) is 31.0 Å². The first kappa shape index (κ1) is 14.7. The highest BCUT2D eigenvalue weighted by molar-refractivity contribution is 6.30. The van der Waals surface area contributed by atoms with Crippen molar-refractivity contribution in [2.24, 2.45) is 0 Å². The fraction of sp³-hybridized carbons (Fsp3) is 0.429. The van der Waals surface area contributed by atoms with Gasteiger partial charge in [0.15, 0.2) is 0 Å². The van der Waals surface area contributed by atoms with Crippen LogP contribution in [0.5, 0.6) is 5.75 Å². The van der Waals surface area contributed by atoms with E-state index in [-0.39, 0.29) is 24.9 Å². The van der Waals surface area contributed by atoms with E-state index in [1.54, 1.807) is 18.2 Å². The summed E-state index contributed by atoms with van der Waals surface area (Å²) < 4.78 is 5.19. The summed E-state index contributed by atoms with van der Waals surface area (Å²) in [5.41, 5.74) is 0.668. The van der Waals surface area contributed by atoms with Crippen molar-refractivity contribution in [1.82, 2.24) is 4.90 Å². The summed E-state index contributed by atoms with van der Waals surface area (Å²) in [7, 11) is 1.52. The van der Waals surface area contributed by atoms with Gasteiger partial charge in [-0.25, -0.2) is 0 Å². The van der Waals surface area contributed by atoms with E-state index in [1.807, 2.05) is 0 Å². The Bertz CT molecular complexity index is 528. The summed E-state index contributed by atoms with van der Waals surface area (Å²) in [6, 6.07) is 5.11. The van der Waals surface area contributed by atoms with Crippen LogP contribution in [0.4, 0.5) is 0 Å². The number of carbonyl (C=O) groups excluding carboxylic acids is 1. The molecule has 6 heteroatoms. The van der Waals surface area contributed by atoms with E-state index in [4.69, 9.17) is 21.4 Å². The minimum Gasteiger partial charge on any atom is -0.496 e. The van der Waals surface area contributed by atoms with Crippen LogP contribution in [0.15, 0.2) is 18.2 Å². The molecule has 1 aromatic carbocycles. The van der Waals surface area contributed by atoms with Crippen molar-refractivity contribution in [2.75, 3.05) is 13.7 Å². The maximum Gasteiger partial charge on any atom is 0.323 e. The number of carbonyl (C=O) groups is 2. The normalized spacial score (nSPS) is 13.9. The Morgan fingerprint density at radius 3 is 2.70 bits per heavy atom. The maximum atomic E-state index is 12.3. The molecule has 1 fully saturated rings. The van der Waals surface area contributed by atoms with Crippen LogP contribution >= 0.6 is 11.6 Å². The average Bonchev–Trinajstić information content (AvgIpc) is 3.20. The molecule has 1 aliphatic carbocycles. The van der Waals surface area contributed by atoms with Gasteiger partial charge in [0.25, 0.3) is 0 Å². The van der Waals surface area contributed by atoms with Gasteiger partial charge in [-0.1, -0.05) is 11.6 Å². The van der Waals surface area contributed by atoms with Gasteiger partial charge in [-0.15, -0.1) is 0 Å². The van der Waals surface area contributed by atoms with Crippen molar-refractivity contribution in [2.45, 2.75) is 25.3 Å². The Hall–Kier alpha value is -1.75. The molecule has 1 aliphatic rings. The topological polar surface area (TPSA) is 66.8 Å². The summed E-state index contributed by atoms with van der Waals surface area (Å²) in [5.74, 6) is -0.632. The highest BCUT2D eigenvalue weighted by Crippen LogP contribution is 2.29. The molecule has 0 bridgehead atoms. The summed E-state index contributed by atoms with van der Waals surface area (Å²) in [6.07, 6.45) is 1.82. The zero-order valence-corrected chi connectivity index (χ0v) is 11.9. The fourth-order valence-electron chi connectivity index (χ4n) is 2.10. The van der Waals surface area contributed by atoms with E-state index < -0.39 is 5.97 Å². The van der Waals surface area contributed by atoms with Gasteiger partial charge in [0, 0.05) is 16.6 Å². The second kappa shape index (κ2) is 6.13. The molecule has 0 atom stereocenters. The molecule has 0 aromatic heterocycles. The van der Waals surface area contributed by atoms with Gasteiger partial charge in [0.05, 0.1) is 13.5 Å². The number of aliphatic carboxylic acids is 1. The summed E-state index contributed by atoms with van der Waals surface area (Å²) in [5, 5.41) is 9.40. The lowest BCUT2D eigenvalue weighted by Crippen LogP contribution is -2.38. The zero-order chi connectivity index (χ0) is 14.7. The molecule has 1 N–H and O–H groups in total. The van der Waals surface area contributed by atoms with Crippen LogP contribution in [0.3, 0.4) is 0 Å². The predicted molar refractivity (Wildman–Crippen MR) is 74.1 cm³/mol. The van der Waals surface area contributed by atoms with Crippen LogP contribution in [0, 0.1) is 0 Å². The predicted octanol–water partition coefficient (Wildman–Crippen LogP) is 1.97. The highest BCUT2D eigenvalue weighted by atomic mass is 35.5. The number of halogens is 1. The van der Waals surface area contributed by atoms with Crippen molar-refractivity contribution in [1.29, 1.82) is 0 Å². The van der Waals surface area contributed by atoms with Crippen molar-refractivity contribution >= 4 is 23.5 Å². The van der Waals surface area contributed by atoms with Crippen LogP contribution in [0.1, 0.15) is 18.4 Å². The first-order valence-electron chi connectivity index (χ1n) is 6.35. The average molecular weight is 298 g/mol. The first-order valence-corrected chi connectivity index (χ1v) is 6.72. The quantitative estimate of drug-likeness (QED) is 0.872. The molecule has 5 nitrogen and oxygen atoms in total. The van der Waals surface area contributed by atoms with Gasteiger partial charge >= 0.3 is 5.97 Å². The van der Waals surface area contributed by atoms with E-state index in [1.165, 1.54) is 12.0 Å². The molecular formula is C14H16ClNO4. The number of rotatable bonds is 6. The zero-order valence-electron chi connectivity index (χ0n) is 11.1. The largest absolute Gasteiger partial charge is 0.496 e. The molecule has 1 saturated carbocycles. The van der Waals surface area contributed by atoms with Crippen LogP contribution < -0.4 is 4.74 Å². The third-order valence-electron chi connectivity index (χ3n) is 3.20. The minimum absolute atomic E-state index is 0.0591.